The zero-order valence-electron chi connectivity index (χ0n) is 12.1. The summed E-state index contributed by atoms with van der Waals surface area (Å²) in [5.41, 5.74) is 4.91. The van der Waals surface area contributed by atoms with Gasteiger partial charge in [0.05, 0.1) is 0 Å². The fourth-order valence-electron chi connectivity index (χ4n) is 2.01. The van der Waals surface area contributed by atoms with Crippen molar-refractivity contribution >= 4 is 24.3 Å². The van der Waals surface area contributed by atoms with E-state index >= 15 is 0 Å². The number of hydrogen-bond acceptors (Lipinski definition) is 0. The highest BCUT2D eigenvalue weighted by Gasteiger charge is 1.90. The molecule has 0 aliphatic heterocycles. The van der Waals surface area contributed by atoms with E-state index in [0.29, 0.717) is 0 Å². The molecule has 2 rings (SSSR count). The van der Waals surface area contributed by atoms with Gasteiger partial charge in [-0.1, -0.05) is 85.0 Å². The molecule has 0 fully saturated rings. The van der Waals surface area contributed by atoms with Gasteiger partial charge in [-0.25, -0.2) is 0 Å². The van der Waals surface area contributed by atoms with E-state index < -0.39 is 0 Å². The predicted molar refractivity (Wildman–Crippen MR) is 91.2 cm³/mol. The predicted octanol–water partition coefficient (Wildman–Crippen LogP) is 5.92. The second kappa shape index (κ2) is 7.30. The van der Waals surface area contributed by atoms with Crippen LogP contribution in [0.4, 0.5) is 0 Å². The molecule has 0 heterocycles. The molecule has 2 aromatic carbocycles. The summed E-state index contributed by atoms with van der Waals surface area (Å²) in [6, 6.07) is 17.1. The third kappa shape index (κ3) is 4.10. The van der Waals surface area contributed by atoms with Gasteiger partial charge in [-0.2, -0.15) is 0 Å². The second-order valence-electron chi connectivity index (χ2n) is 4.67. The van der Waals surface area contributed by atoms with Crippen LogP contribution >= 0.6 is 0 Å². The van der Waals surface area contributed by atoms with Crippen LogP contribution in [0.1, 0.15) is 36.1 Å². The van der Waals surface area contributed by atoms with Gasteiger partial charge in [-0.15, -0.1) is 0 Å². The average Bonchev–Trinajstić information content (AvgIpc) is 2.49. The zero-order chi connectivity index (χ0) is 14.2. The molecule has 0 nitrogen and oxygen atoms in total. The molecule has 0 aliphatic carbocycles. The number of benzene rings is 2. The highest BCUT2D eigenvalue weighted by molar-refractivity contribution is 5.70. The minimum absolute atomic E-state index is 1.22. The van der Waals surface area contributed by atoms with Crippen molar-refractivity contribution in [2.24, 2.45) is 0 Å². The van der Waals surface area contributed by atoms with E-state index in [9.17, 15) is 0 Å². The fourth-order valence-corrected chi connectivity index (χ4v) is 2.01. The lowest BCUT2D eigenvalue weighted by Crippen LogP contribution is -1.76. The first-order valence-electron chi connectivity index (χ1n) is 6.95. The molecule has 0 aliphatic rings. The third-order valence-corrected chi connectivity index (χ3v) is 3.06. The molecule has 0 saturated heterocycles. The lowest BCUT2D eigenvalue weighted by atomic mass is 10.1. The monoisotopic (exact) mass is 260 g/mol. The maximum absolute atomic E-state index is 2.14. The summed E-state index contributed by atoms with van der Waals surface area (Å²) in [4.78, 5) is 0. The van der Waals surface area contributed by atoms with E-state index in [-0.39, 0.29) is 0 Å². The Hall–Kier alpha value is -2.34. The largest absolute Gasteiger partial charge is 0.0871 e. The molecule has 0 heteroatoms. The molecule has 0 saturated carbocycles. The Labute approximate surface area is 121 Å². The quantitative estimate of drug-likeness (QED) is 0.598. The van der Waals surface area contributed by atoms with Crippen LogP contribution in [0.5, 0.6) is 0 Å². The van der Waals surface area contributed by atoms with E-state index in [1.54, 1.807) is 0 Å². The van der Waals surface area contributed by atoms with Gasteiger partial charge >= 0.3 is 0 Å². The Morgan fingerprint density at radius 1 is 0.450 bits per heavy atom. The molecule has 20 heavy (non-hydrogen) atoms. The SMILES string of the molecule is CC=Cc1ccc(C=Cc2ccc(C=CC)cc2)cc1. The second-order valence-corrected chi connectivity index (χ2v) is 4.67. The van der Waals surface area contributed by atoms with Gasteiger partial charge < -0.3 is 0 Å². The molecule has 0 N–H and O–H groups in total. The molecule has 0 aromatic heterocycles. The Balaban J connectivity index is 2.08. The van der Waals surface area contributed by atoms with Crippen LogP contribution in [0.2, 0.25) is 0 Å². The standard InChI is InChI=1S/C20H20/c1-3-5-17-7-11-19(12-8-17)15-16-20-13-9-18(6-4-2)10-14-20/h3-16H,1-2H3. The molecule has 2 aromatic rings. The lowest BCUT2D eigenvalue weighted by Gasteiger charge is -1.98. The molecular formula is C20H20. The minimum Gasteiger partial charge on any atom is -0.0871 e. The normalized spacial score (nSPS) is 11.9. The molecule has 0 atom stereocenters. The lowest BCUT2D eigenvalue weighted by molar-refractivity contribution is 1.60. The van der Waals surface area contributed by atoms with Crippen LogP contribution < -0.4 is 0 Å². The van der Waals surface area contributed by atoms with Gasteiger partial charge in [0.25, 0.3) is 0 Å². The first-order chi connectivity index (χ1) is 9.81. The Kier molecular flexibility index (Phi) is 5.14. The van der Waals surface area contributed by atoms with Crippen LogP contribution in [0, 0.1) is 0 Å². The highest BCUT2D eigenvalue weighted by Crippen LogP contribution is 2.12. The zero-order valence-corrected chi connectivity index (χ0v) is 12.1. The smallest absolute Gasteiger partial charge is 0.0256 e. The Morgan fingerprint density at radius 2 is 0.700 bits per heavy atom. The van der Waals surface area contributed by atoms with Crippen molar-refractivity contribution in [3.05, 3.63) is 82.9 Å². The van der Waals surface area contributed by atoms with Gasteiger partial charge in [-0.05, 0) is 36.1 Å². The number of hydrogen-bond donors (Lipinski definition) is 0. The number of allylic oxidation sites excluding steroid dienone is 2. The Morgan fingerprint density at radius 3 is 0.950 bits per heavy atom. The minimum atomic E-state index is 1.22. The maximum Gasteiger partial charge on any atom is -0.0256 e. The average molecular weight is 260 g/mol. The highest BCUT2D eigenvalue weighted by atomic mass is 14.0. The summed E-state index contributed by atoms with van der Waals surface area (Å²) in [5, 5.41) is 0. The Bertz CT molecular complexity index is 551. The molecule has 0 unspecified atom stereocenters. The van der Waals surface area contributed by atoms with Gasteiger partial charge in [-0.3, -0.25) is 0 Å². The summed E-state index contributed by atoms with van der Waals surface area (Å²) >= 11 is 0. The van der Waals surface area contributed by atoms with Crippen molar-refractivity contribution in [3.63, 3.8) is 0 Å². The molecule has 0 bridgehead atoms. The van der Waals surface area contributed by atoms with Gasteiger partial charge in [0.2, 0.25) is 0 Å². The van der Waals surface area contributed by atoms with Crippen molar-refractivity contribution in [2.45, 2.75) is 13.8 Å². The van der Waals surface area contributed by atoms with Crippen molar-refractivity contribution < 1.29 is 0 Å². The first kappa shape index (κ1) is 14.1. The first-order valence-corrected chi connectivity index (χ1v) is 6.95. The molecule has 100 valence electrons. The van der Waals surface area contributed by atoms with Gasteiger partial charge in [0, 0.05) is 0 Å². The van der Waals surface area contributed by atoms with Gasteiger partial charge in [0.15, 0.2) is 0 Å². The third-order valence-electron chi connectivity index (χ3n) is 3.06. The maximum atomic E-state index is 2.14. The van der Waals surface area contributed by atoms with Crippen molar-refractivity contribution in [3.8, 4) is 0 Å². The topological polar surface area (TPSA) is 0 Å². The fraction of sp³-hybridized carbons (Fsp3) is 0.100. The van der Waals surface area contributed by atoms with Crippen molar-refractivity contribution in [2.75, 3.05) is 0 Å². The van der Waals surface area contributed by atoms with Crippen LogP contribution in [-0.4, -0.2) is 0 Å². The molecule has 0 amide bonds. The summed E-state index contributed by atoms with van der Waals surface area (Å²) in [6.07, 6.45) is 12.6. The summed E-state index contributed by atoms with van der Waals surface area (Å²) in [5.74, 6) is 0. The van der Waals surface area contributed by atoms with E-state index in [1.807, 2.05) is 13.8 Å². The molecule has 0 radical (unpaired) electrons. The van der Waals surface area contributed by atoms with Gasteiger partial charge in [0.1, 0.15) is 0 Å². The van der Waals surface area contributed by atoms with E-state index in [0.717, 1.165) is 0 Å². The molecule has 0 spiro atoms. The van der Waals surface area contributed by atoms with Crippen LogP contribution in [-0.2, 0) is 0 Å². The van der Waals surface area contributed by atoms with Crippen LogP contribution in [0.25, 0.3) is 24.3 Å². The molecular weight excluding hydrogens is 240 g/mol. The summed E-state index contributed by atoms with van der Waals surface area (Å²) in [6.45, 7) is 4.07. The van der Waals surface area contributed by atoms with Crippen LogP contribution in [0.15, 0.2) is 60.7 Å². The summed E-state index contributed by atoms with van der Waals surface area (Å²) in [7, 11) is 0. The van der Waals surface area contributed by atoms with E-state index in [1.165, 1.54) is 22.3 Å². The van der Waals surface area contributed by atoms with Crippen molar-refractivity contribution in [1.29, 1.82) is 0 Å². The van der Waals surface area contributed by atoms with E-state index in [4.69, 9.17) is 0 Å². The van der Waals surface area contributed by atoms with Crippen LogP contribution in [0.3, 0.4) is 0 Å². The summed E-state index contributed by atoms with van der Waals surface area (Å²) < 4.78 is 0. The van der Waals surface area contributed by atoms with Crippen molar-refractivity contribution in [1.82, 2.24) is 0 Å². The van der Waals surface area contributed by atoms with E-state index in [2.05, 4.69) is 85.0 Å². The number of rotatable bonds is 4.